The van der Waals surface area contributed by atoms with E-state index in [0.29, 0.717) is 26.2 Å². The largest absolute Gasteiger partial charge is 0.383 e. The molecule has 1 unspecified atom stereocenters. The van der Waals surface area contributed by atoms with Gasteiger partial charge >= 0.3 is 0 Å². The molecule has 2 amide bonds. The van der Waals surface area contributed by atoms with Gasteiger partial charge in [-0.05, 0) is 36.1 Å². The Morgan fingerprint density at radius 3 is 2.72 bits per heavy atom. The maximum atomic E-state index is 13.3. The smallest absolute Gasteiger partial charge is 0.254 e. The van der Waals surface area contributed by atoms with Crippen LogP contribution in [-0.4, -0.2) is 61.5 Å². The summed E-state index contributed by atoms with van der Waals surface area (Å²) in [7, 11) is 1.66. The van der Waals surface area contributed by atoms with E-state index in [2.05, 4.69) is 6.92 Å². The Labute approximate surface area is 173 Å². The van der Waals surface area contributed by atoms with Crippen molar-refractivity contribution >= 4 is 22.6 Å². The molecule has 29 heavy (non-hydrogen) atoms. The highest BCUT2D eigenvalue weighted by molar-refractivity contribution is 6.07. The highest BCUT2D eigenvalue weighted by Gasteiger charge is 2.31. The van der Waals surface area contributed by atoms with Gasteiger partial charge in [0.2, 0.25) is 5.91 Å². The highest BCUT2D eigenvalue weighted by atomic mass is 16.5. The number of methoxy groups -OCH3 is 1. The fraction of sp³-hybridized carbons (Fsp3) is 0.500. The maximum Gasteiger partial charge on any atom is 0.254 e. The number of hydrogen-bond donors (Lipinski definition) is 0. The average Bonchev–Trinajstić information content (AvgIpc) is 2.78. The molecular formula is C24H32N2O3. The Morgan fingerprint density at radius 2 is 1.93 bits per heavy atom. The van der Waals surface area contributed by atoms with Crippen molar-refractivity contribution in [3.8, 4) is 0 Å². The van der Waals surface area contributed by atoms with E-state index in [0.717, 1.165) is 48.6 Å². The van der Waals surface area contributed by atoms with Crippen LogP contribution in [0.4, 0.5) is 0 Å². The number of fused-ring (bicyclic) bond motifs is 1. The quantitative estimate of drug-likeness (QED) is 0.678. The molecule has 2 aromatic rings. The van der Waals surface area contributed by atoms with Gasteiger partial charge in [-0.2, -0.15) is 0 Å². The number of piperidine rings is 1. The van der Waals surface area contributed by atoms with Crippen molar-refractivity contribution in [3.63, 3.8) is 0 Å². The molecular weight excluding hydrogens is 364 g/mol. The summed E-state index contributed by atoms with van der Waals surface area (Å²) in [5.41, 5.74) is 0.721. The highest BCUT2D eigenvalue weighted by Crippen LogP contribution is 2.24. The number of ether oxygens (including phenoxy) is 1. The van der Waals surface area contributed by atoms with Crippen LogP contribution in [-0.2, 0) is 9.53 Å². The van der Waals surface area contributed by atoms with Crippen molar-refractivity contribution < 1.29 is 14.3 Å². The molecule has 5 heteroatoms. The molecule has 1 aliphatic rings. The van der Waals surface area contributed by atoms with Gasteiger partial charge in [0.15, 0.2) is 0 Å². The normalized spacial score (nSPS) is 16.8. The second-order valence-electron chi connectivity index (χ2n) is 7.79. The number of rotatable bonds is 8. The molecule has 1 heterocycles. The summed E-state index contributed by atoms with van der Waals surface area (Å²) in [6, 6.07) is 13.8. The molecule has 0 spiro atoms. The molecule has 0 bridgehead atoms. The van der Waals surface area contributed by atoms with Crippen molar-refractivity contribution in [3.05, 3.63) is 48.0 Å². The lowest BCUT2D eigenvalue weighted by molar-refractivity contribution is -0.137. The molecule has 156 valence electrons. The third kappa shape index (κ3) is 5.15. The fourth-order valence-electron chi connectivity index (χ4n) is 4.09. The number of hydrogen-bond acceptors (Lipinski definition) is 3. The summed E-state index contributed by atoms with van der Waals surface area (Å²) in [5.74, 6) is 0.0543. The lowest BCUT2D eigenvalue weighted by atomic mass is 9.95. The van der Waals surface area contributed by atoms with Crippen LogP contribution in [0.5, 0.6) is 0 Å². The Morgan fingerprint density at radius 1 is 1.14 bits per heavy atom. The number of unbranched alkanes of at least 4 members (excludes halogenated alkanes) is 1. The summed E-state index contributed by atoms with van der Waals surface area (Å²) < 4.78 is 5.19. The van der Waals surface area contributed by atoms with E-state index in [-0.39, 0.29) is 17.7 Å². The summed E-state index contributed by atoms with van der Waals surface area (Å²) in [4.78, 5) is 30.2. The number of likely N-dealkylation sites (tertiary alicyclic amines) is 1. The predicted molar refractivity (Wildman–Crippen MR) is 116 cm³/mol. The second-order valence-corrected chi connectivity index (χ2v) is 7.79. The summed E-state index contributed by atoms with van der Waals surface area (Å²) >= 11 is 0. The zero-order valence-electron chi connectivity index (χ0n) is 17.6. The van der Waals surface area contributed by atoms with Crippen LogP contribution < -0.4 is 0 Å². The second kappa shape index (κ2) is 10.4. The van der Waals surface area contributed by atoms with Crippen LogP contribution in [0.2, 0.25) is 0 Å². The summed E-state index contributed by atoms with van der Waals surface area (Å²) in [6.07, 6.45) is 3.74. The summed E-state index contributed by atoms with van der Waals surface area (Å²) in [5, 5.41) is 2.03. The van der Waals surface area contributed by atoms with E-state index in [1.807, 2.05) is 52.3 Å². The monoisotopic (exact) mass is 396 g/mol. The molecule has 0 aliphatic carbocycles. The minimum absolute atomic E-state index is 0.0244. The molecule has 1 aliphatic heterocycles. The first kappa shape index (κ1) is 21.3. The van der Waals surface area contributed by atoms with Gasteiger partial charge in [-0.25, -0.2) is 0 Å². The van der Waals surface area contributed by atoms with E-state index in [1.165, 1.54) is 0 Å². The minimum atomic E-state index is -0.128. The lowest BCUT2D eigenvalue weighted by Crippen LogP contribution is -2.47. The molecule has 1 fully saturated rings. The fourth-order valence-corrected chi connectivity index (χ4v) is 4.09. The van der Waals surface area contributed by atoms with Gasteiger partial charge < -0.3 is 14.5 Å². The van der Waals surface area contributed by atoms with Crippen molar-refractivity contribution in [2.24, 2.45) is 5.92 Å². The third-order valence-corrected chi connectivity index (χ3v) is 5.74. The van der Waals surface area contributed by atoms with Crippen molar-refractivity contribution in [1.82, 2.24) is 9.80 Å². The molecule has 0 saturated carbocycles. The molecule has 0 radical (unpaired) electrons. The lowest BCUT2D eigenvalue weighted by Gasteiger charge is -2.35. The SMILES string of the molecule is CCCCN(CCOC)C(=O)C1CCCN(C(=O)c2cccc3ccccc23)C1. The Bertz CT molecular complexity index is 822. The predicted octanol–water partition coefficient (Wildman–Crippen LogP) is 3.97. The molecule has 0 N–H and O–H groups in total. The van der Waals surface area contributed by atoms with Gasteiger partial charge in [-0.3, -0.25) is 9.59 Å². The van der Waals surface area contributed by atoms with E-state index >= 15 is 0 Å². The molecule has 1 saturated heterocycles. The Balaban J connectivity index is 1.73. The minimum Gasteiger partial charge on any atom is -0.383 e. The number of nitrogens with zero attached hydrogens (tertiary/aromatic N) is 2. The number of amides is 2. The van der Waals surface area contributed by atoms with Crippen LogP contribution in [0.3, 0.4) is 0 Å². The van der Waals surface area contributed by atoms with Crippen molar-refractivity contribution in [1.29, 1.82) is 0 Å². The van der Waals surface area contributed by atoms with E-state index in [4.69, 9.17) is 4.74 Å². The van der Waals surface area contributed by atoms with Gasteiger partial charge in [-0.15, -0.1) is 0 Å². The molecule has 0 aromatic heterocycles. The topological polar surface area (TPSA) is 49.9 Å². The number of carbonyl (C=O) groups excluding carboxylic acids is 2. The van der Waals surface area contributed by atoms with Crippen LogP contribution in [0, 0.1) is 5.92 Å². The Hall–Kier alpha value is -2.40. The first-order valence-electron chi connectivity index (χ1n) is 10.7. The van der Waals surface area contributed by atoms with Crippen LogP contribution in [0.25, 0.3) is 10.8 Å². The molecule has 5 nitrogen and oxygen atoms in total. The first-order chi connectivity index (χ1) is 14.2. The standard InChI is InChI=1S/C24H32N2O3/c1-3-4-14-25(16-17-29-2)23(27)20-11-8-15-26(18-20)24(28)22-13-7-10-19-9-5-6-12-21(19)22/h5-7,9-10,12-13,20H,3-4,8,11,14-18H2,1-2H3. The molecule has 3 rings (SSSR count). The van der Waals surface area contributed by atoms with Gasteiger partial charge in [0.1, 0.15) is 0 Å². The summed E-state index contributed by atoms with van der Waals surface area (Å²) in [6.45, 7) is 5.25. The maximum absolute atomic E-state index is 13.3. The average molecular weight is 397 g/mol. The van der Waals surface area contributed by atoms with Gasteiger partial charge in [0, 0.05) is 38.9 Å². The number of benzene rings is 2. The first-order valence-corrected chi connectivity index (χ1v) is 10.7. The molecule has 2 aromatic carbocycles. The zero-order valence-corrected chi connectivity index (χ0v) is 17.6. The third-order valence-electron chi connectivity index (χ3n) is 5.74. The zero-order chi connectivity index (χ0) is 20.6. The number of carbonyl (C=O) groups is 2. The van der Waals surface area contributed by atoms with E-state index in [1.54, 1.807) is 7.11 Å². The van der Waals surface area contributed by atoms with Gasteiger partial charge in [0.25, 0.3) is 5.91 Å². The van der Waals surface area contributed by atoms with E-state index in [9.17, 15) is 9.59 Å². The van der Waals surface area contributed by atoms with Crippen molar-refractivity contribution in [2.45, 2.75) is 32.6 Å². The molecule has 1 atom stereocenters. The van der Waals surface area contributed by atoms with E-state index < -0.39 is 0 Å². The van der Waals surface area contributed by atoms with Gasteiger partial charge in [0.05, 0.1) is 12.5 Å². The van der Waals surface area contributed by atoms with Crippen LogP contribution >= 0.6 is 0 Å². The van der Waals surface area contributed by atoms with Gasteiger partial charge in [-0.1, -0.05) is 49.7 Å². The Kier molecular flexibility index (Phi) is 7.64. The van der Waals surface area contributed by atoms with Crippen LogP contribution in [0.1, 0.15) is 43.0 Å². The van der Waals surface area contributed by atoms with Crippen LogP contribution in [0.15, 0.2) is 42.5 Å². The van der Waals surface area contributed by atoms with Crippen molar-refractivity contribution in [2.75, 3.05) is 39.9 Å².